The van der Waals surface area contributed by atoms with Crippen molar-refractivity contribution >= 4 is 29.1 Å². The molecule has 192 valence electrons. The van der Waals surface area contributed by atoms with Crippen molar-refractivity contribution < 1.29 is 19.0 Å². The van der Waals surface area contributed by atoms with Gasteiger partial charge in [0, 0.05) is 23.5 Å². The highest BCUT2D eigenvalue weighted by Gasteiger charge is 2.37. The van der Waals surface area contributed by atoms with Crippen LogP contribution in [0.4, 0.5) is 0 Å². The van der Waals surface area contributed by atoms with E-state index in [1.165, 1.54) is 23.0 Å². The Morgan fingerprint density at radius 1 is 1.05 bits per heavy atom. The van der Waals surface area contributed by atoms with Crippen molar-refractivity contribution in [2.45, 2.75) is 13.0 Å². The zero-order chi connectivity index (χ0) is 26.6. The van der Waals surface area contributed by atoms with Crippen molar-refractivity contribution in [3.8, 4) is 11.5 Å². The number of pyridine rings is 1. The number of ether oxygens (including phenoxy) is 3. The van der Waals surface area contributed by atoms with Crippen molar-refractivity contribution in [3.63, 3.8) is 0 Å². The van der Waals surface area contributed by atoms with Crippen LogP contribution in [0, 0.1) is 0 Å². The van der Waals surface area contributed by atoms with E-state index in [-0.39, 0.29) is 17.7 Å². The molecule has 2 aromatic heterocycles. The second-order valence-corrected chi connectivity index (χ2v) is 9.31. The number of thiazole rings is 1. The van der Waals surface area contributed by atoms with E-state index in [0.29, 0.717) is 32.1 Å². The third-order valence-electron chi connectivity index (χ3n) is 6.08. The Morgan fingerprint density at radius 3 is 2.55 bits per heavy atom. The van der Waals surface area contributed by atoms with E-state index < -0.39 is 12.0 Å². The summed E-state index contributed by atoms with van der Waals surface area (Å²) in [5.41, 5.74) is 2.47. The fourth-order valence-corrected chi connectivity index (χ4v) is 5.48. The van der Waals surface area contributed by atoms with Crippen LogP contribution in [-0.2, 0) is 9.53 Å². The van der Waals surface area contributed by atoms with E-state index in [2.05, 4.69) is 4.98 Å². The van der Waals surface area contributed by atoms with Crippen LogP contribution >= 0.6 is 11.3 Å². The number of carbonyl (C=O) groups excluding carboxylic acids is 1. The molecule has 0 radical (unpaired) electrons. The van der Waals surface area contributed by atoms with E-state index in [4.69, 9.17) is 19.2 Å². The van der Waals surface area contributed by atoms with Crippen LogP contribution in [0.3, 0.4) is 0 Å². The average molecular weight is 528 g/mol. The summed E-state index contributed by atoms with van der Waals surface area (Å²) in [5, 5.41) is 0. The number of esters is 1. The second kappa shape index (κ2) is 10.9. The first-order valence-electron chi connectivity index (χ1n) is 12.0. The van der Waals surface area contributed by atoms with Crippen LogP contribution in [0.15, 0.2) is 88.4 Å². The van der Waals surface area contributed by atoms with E-state index in [1.807, 2.05) is 42.5 Å². The third-order valence-corrected chi connectivity index (χ3v) is 7.07. The maximum atomic E-state index is 13.9. The number of carbonyl (C=O) groups is 1. The average Bonchev–Trinajstić information content (AvgIpc) is 3.27. The largest absolute Gasteiger partial charge is 0.493 e. The molecule has 1 aliphatic rings. The standard InChI is InChI=1S/C29H25N3O5S/c1-4-37-28(34)23-24(19-11-6-5-7-12-19)31-29-32(25(23)20-13-8-14-21(35-2)26(20)36-3)27(33)22(38-29)16-18-10-9-15-30-17-18/h5-17,25H,4H2,1-3H3. The normalized spacial score (nSPS) is 15.0. The number of benzene rings is 2. The van der Waals surface area contributed by atoms with Gasteiger partial charge in [-0.2, -0.15) is 0 Å². The molecule has 0 amide bonds. The lowest BCUT2D eigenvalue weighted by atomic mass is 9.92. The maximum Gasteiger partial charge on any atom is 0.338 e. The smallest absolute Gasteiger partial charge is 0.338 e. The molecule has 1 unspecified atom stereocenters. The van der Waals surface area contributed by atoms with Crippen LogP contribution in [-0.4, -0.2) is 36.3 Å². The highest BCUT2D eigenvalue weighted by Crippen LogP contribution is 2.42. The summed E-state index contributed by atoms with van der Waals surface area (Å²) < 4.78 is 18.8. The van der Waals surface area contributed by atoms with E-state index in [0.717, 1.165) is 11.1 Å². The van der Waals surface area contributed by atoms with Crippen molar-refractivity contribution in [3.05, 3.63) is 115 Å². The molecule has 5 rings (SSSR count). The lowest BCUT2D eigenvalue weighted by Crippen LogP contribution is -2.40. The molecule has 1 atom stereocenters. The van der Waals surface area contributed by atoms with Gasteiger partial charge in [-0.1, -0.05) is 59.9 Å². The summed E-state index contributed by atoms with van der Waals surface area (Å²) in [5.74, 6) is 0.327. The first-order valence-corrected chi connectivity index (χ1v) is 12.8. The minimum Gasteiger partial charge on any atom is -0.493 e. The summed E-state index contributed by atoms with van der Waals surface area (Å²) in [6, 6.07) is 17.6. The molecule has 0 saturated carbocycles. The first kappa shape index (κ1) is 25.2. The molecular formula is C29H25N3O5S. The maximum absolute atomic E-state index is 13.9. The highest BCUT2D eigenvalue weighted by atomic mass is 32.1. The number of hydrogen-bond acceptors (Lipinski definition) is 8. The molecule has 8 nitrogen and oxygen atoms in total. The molecule has 0 saturated heterocycles. The molecule has 3 heterocycles. The molecule has 0 bridgehead atoms. The molecule has 38 heavy (non-hydrogen) atoms. The summed E-state index contributed by atoms with van der Waals surface area (Å²) in [4.78, 5) is 37.0. The molecule has 9 heteroatoms. The number of para-hydroxylation sites is 1. The topological polar surface area (TPSA) is 92.0 Å². The summed E-state index contributed by atoms with van der Waals surface area (Å²) in [6.45, 7) is 1.91. The summed E-state index contributed by atoms with van der Waals surface area (Å²) >= 11 is 1.25. The van der Waals surface area contributed by atoms with Gasteiger partial charge in [0.25, 0.3) is 5.56 Å². The zero-order valence-corrected chi connectivity index (χ0v) is 21.9. The Bertz CT molecular complexity index is 1690. The number of aromatic nitrogens is 2. The van der Waals surface area contributed by atoms with Gasteiger partial charge in [0.05, 0.1) is 36.6 Å². The number of hydrogen-bond donors (Lipinski definition) is 0. The van der Waals surface area contributed by atoms with Gasteiger partial charge < -0.3 is 14.2 Å². The fraction of sp³-hybridized carbons (Fsp3) is 0.172. The van der Waals surface area contributed by atoms with Crippen LogP contribution in [0.5, 0.6) is 11.5 Å². The monoisotopic (exact) mass is 527 g/mol. The second-order valence-electron chi connectivity index (χ2n) is 8.30. The molecule has 0 N–H and O–H groups in total. The van der Waals surface area contributed by atoms with Gasteiger partial charge in [-0.25, -0.2) is 9.79 Å². The van der Waals surface area contributed by atoms with Crippen molar-refractivity contribution in [2.75, 3.05) is 20.8 Å². The van der Waals surface area contributed by atoms with Gasteiger partial charge in [-0.3, -0.25) is 14.3 Å². The minimum absolute atomic E-state index is 0.164. The van der Waals surface area contributed by atoms with Crippen LogP contribution < -0.4 is 24.4 Å². The fourth-order valence-electron chi connectivity index (χ4n) is 4.47. The number of methoxy groups -OCH3 is 2. The van der Waals surface area contributed by atoms with Gasteiger partial charge in [0.1, 0.15) is 6.04 Å². The molecule has 0 fully saturated rings. The molecular weight excluding hydrogens is 502 g/mol. The van der Waals surface area contributed by atoms with E-state index >= 15 is 0 Å². The lowest BCUT2D eigenvalue weighted by molar-refractivity contribution is -0.138. The molecule has 4 aromatic rings. The number of rotatable bonds is 7. The molecule has 2 aromatic carbocycles. The zero-order valence-electron chi connectivity index (χ0n) is 21.1. The predicted octanol–water partition coefficient (Wildman–Crippen LogP) is 3.35. The summed E-state index contributed by atoms with van der Waals surface area (Å²) in [7, 11) is 3.07. The predicted molar refractivity (Wildman–Crippen MR) is 145 cm³/mol. The Morgan fingerprint density at radius 2 is 1.87 bits per heavy atom. The number of nitrogens with zero attached hydrogens (tertiary/aromatic N) is 3. The van der Waals surface area contributed by atoms with Crippen molar-refractivity contribution in [1.82, 2.24) is 9.55 Å². The van der Waals surface area contributed by atoms with Gasteiger partial charge in [0.15, 0.2) is 16.3 Å². The van der Waals surface area contributed by atoms with E-state index in [1.54, 1.807) is 50.7 Å². The van der Waals surface area contributed by atoms with Crippen LogP contribution in [0.1, 0.15) is 29.7 Å². The Hall–Kier alpha value is -4.50. The Balaban J connectivity index is 1.89. The molecule has 0 aliphatic carbocycles. The quantitative estimate of drug-likeness (QED) is 0.343. The van der Waals surface area contributed by atoms with Gasteiger partial charge in [-0.05, 0) is 30.7 Å². The minimum atomic E-state index is -0.874. The van der Waals surface area contributed by atoms with Gasteiger partial charge in [-0.15, -0.1) is 0 Å². The Labute approximate surface area is 222 Å². The SMILES string of the molecule is CCOC(=O)C1=C(c2ccccc2)N=c2sc(=Cc3cccnc3)c(=O)n2C1c1cccc(OC)c1OC. The van der Waals surface area contributed by atoms with Gasteiger partial charge in [0.2, 0.25) is 0 Å². The van der Waals surface area contributed by atoms with Crippen molar-refractivity contribution in [2.24, 2.45) is 4.99 Å². The van der Waals surface area contributed by atoms with Gasteiger partial charge >= 0.3 is 5.97 Å². The lowest BCUT2D eigenvalue weighted by Gasteiger charge is -2.27. The molecule has 0 spiro atoms. The third kappa shape index (κ3) is 4.52. The first-order chi connectivity index (χ1) is 18.6. The van der Waals surface area contributed by atoms with Crippen molar-refractivity contribution in [1.29, 1.82) is 0 Å². The van der Waals surface area contributed by atoms with Crippen LogP contribution in [0.2, 0.25) is 0 Å². The highest BCUT2D eigenvalue weighted by molar-refractivity contribution is 7.07. The Kier molecular flexibility index (Phi) is 7.19. The van der Waals surface area contributed by atoms with Crippen LogP contribution in [0.25, 0.3) is 11.8 Å². The summed E-state index contributed by atoms with van der Waals surface area (Å²) in [6.07, 6.45) is 5.12. The molecule has 1 aliphatic heterocycles. The van der Waals surface area contributed by atoms with E-state index in [9.17, 15) is 9.59 Å². The number of fused-ring (bicyclic) bond motifs is 1.